The Labute approximate surface area is 132 Å². The van der Waals surface area contributed by atoms with Gasteiger partial charge in [0.2, 0.25) is 0 Å². The van der Waals surface area contributed by atoms with Crippen molar-refractivity contribution in [2.75, 3.05) is 0 Å². The van der Waals surface area contributed by atoms with Crippen molar-refractivity contribution in [3.63, 3.8) is 0 Å². The van der Waals surface area contributed by atoms with E-state index < -0.39 is 5.97 Å². The Balaban J connectivity index is 2.08. The first-order chi connectivity index (χ1) is 11.2. The van der Waals surface area contributed by atoms with E-state index in [1.807, 2.05) is 54.6 Å². The monoisotopic (exact) mass is 299 g/mol. The molecule has 1 N–H and O–H groups in total. The summed E-state index contributed by atoms with van der Waals surface area (Å²) in [6, 6.07) is 21.2. The number of carboxylic acids is 1. The summed E-state index contributed by atoms with van der Waals surface area (Å²) in [6.07, 6.45) is 1.79. The topological polar surface area (TPSA) is 50.2 Å². The van der Waals surface area contributed by atoms with Crippen molar-refractivity contribution < 1.29 is 9.90 Å². The van der Waals surface area contributed by atoms with Gasteiger partial charge in [-0.1, -0.05) is 42.5 Å². The molecule has 4 aromatic rings. The average Bonchev–Trinajstić information content (AvgIpc) is 2.60. The predicted octanol–water partition coefficient (Wildman–Crippen LogP) is 4.75. The van der Waals surface area contributed by atoms with Gasteiger partial charge in [0.1, 0.15) is 0 Å². The van der Waals surface area contributed by atoms with Crippen molar-refractivity contribution in [3.05, 3.63) is 78.5 Å². The molecular formula is C20H13NO2. The summed E-state index contributed by atoms with van der Waals surface area (Å²) in [5.41, 5.74) is 3.30. The molecule has 0 saturated heterocycles. The fourth-order valence-electron chi connectivity index (χ4n) is 2.97. The number of hydrogen-bond donors (Lipinski definition) is 1. The van der Waals surface area contributed by atoms with Crippen LogP contribution in [0.3, 0.4) is 0 Å². The van der Waals surface area contributed by atoms with Crippen molar-refractivity contribution in [3.8, 4) is 11.1 Å². The van der Waals surface area contributed by atoms with Gasteiger partial charge in [-0.25, -0.2) is 4.79 Å². The zero-order chi connectivity index (χ0) is 15.8. The zero-order valence-electron chi connectivity index (χ0n) is 12.2. The van der Waals surface area contributed by atoms with Gasteiger partial charge in [0.15, 0.2) is 0 Å². The molecule has 0 aliphatic carbocycles. The van der Waals surface area contributed by atoms with E-state index in [0.29, 0.717) is 5.56 Å². The molecule has 0 aliphatic rings. The van der Waals surface area contributed by atoms with Crippen LogP contribution in [-0.4, -0.2) is 16.1 Å². The standard InChI is InChI=1S/C20H13NO2/c22-20(23)14-9-8-13-4-3-6-15(18(13)12-14)16-10-11-21-19-7-2-1-5-17(16)19/h1-12H,(H,22,23). The van der Waals surface area contributed by atoms with Crippen LogP contribution in [0, 0.1) is 0 Å². The first-order valence-corrected chi connectivity index (χ1v) is 7.34. The number of carbonyl (C=O) groups is 1. The number of aromatic nitrogens is 1. The Morgan fingerprint density at radius 1 is 0.826 bits per heavy atom. The van der Waals surface area contributed by atoms with Gasteiger partial charge in [0.25, 0.3) is 0 Å². The normalized spacial score (nSPS) is 11.0. The van der Waals surface area contributed by atoms with Crippen LogP contribution in [0.2, 0.25) is 0 Å². The molecule has 0 radical (unpaired) electrons. The smallest absolute Gasteiger partial charge is 0.335 e. The molecule has 0 aliphatic heterocycles. The molecule has 0 atom stereocenters. The SMILES string of the molecule is O=C(O)c1ccc2cccc(-c3ccnc4ccccc34)c2c1. The van der Waals surface area contributed by atoms with Crippen LogP contribution in [0.25, 0.3) is 32.8 Å². The number of benzene rings is 3. The third-order valence-corrected chi connectivity index (χ3v) is 4.07. The van der Waals surface area contributed by atoms with Gasteiger partial charge in [-0.3, -0.25) is 4.98 Å². The molecule has 0 fully saturated rings. The van der Waals surface area contributed by atoms with Gasteiger partial charge in [-0.15, -0.1) is 0 Å². The van der Waals surface area contributed by atoms with Gasteiger partial charge in [-0.2, -0.15) is 0 Å². The maximum Gasteiger partial charge on any atom is 0.335 e. The van der Waals surface area contributed by atoms with Crippen LogP contribution in [-0.2, 0) is 0 Å². The Morgan fingerprint density at radius 3 is 2.52 bits per heavy atom. The van der Waals surface area contributed by atoms with E-state index in [9.17, 15) is 9.90 Å². The van der Waals surface area contributed by atoms with Crippen molar-refractivity contribution >= 4 is 27.6 Å². The number of carboxylic acid groups (broad SMARTS) is 1. The number of pyridine rings is 1. The quantitative estimate of drug-likeness (QED) is 0.581. The highest BCUT2D eigenvalue weighted by Gasteiger charge is 2.10. The minimum atomic E-state index is -0.915. The molecule has 4 rings (SSSR count). The van der Waals surface area contributed by atoms with Crippen LogP contribution in [0.5, 0.6) is 0 Å². The highest BCUT2D eigenvalue weighted by atomic mass is 16.4. The molecule has 3 nitrogen and oxygen atoms in total. The maximum atomic E-state index is 11.3. The van der Waals surface area contributed by atoms with Gasteiger partial charge < -0.3 is 5.11 Å². The lowest BCUT2D eigenvalue weighted by atomic mass is 9.95. The Hall–Kier alpha value is -3.20. The molecule has 23 heavy (non-hydrogen) atoms. The minimum Gasteiger partial charge on any atom is -0.478 e. The molecule has 3 aromatic carbocycles. The van der Waals surface area contributed by atoms with Crippen molar-refractivity contribution in [2.45, 2.75) is 0 Å². The summed E-state index contributed by atoms with van der Waals surface area (Å²) in [4.78, 5) is 15.7. The molecular weight excluding hydrogens is 286 g/mol. The predicted molar refractivity (Wildman–Crippen MR) is 91.6 cm³/mol. The first kappa shape index (κ1) is 13.5. The maximum absolute atomic E-state index is 11.3. The van der Waals surface area contributed by atoms with Crippen LogP contribution in [0.4, 0.5) is 0 Å². The number of nitrogens with zero attached hydrogens (tertiary/aromatic N) is 1. The molecule has 3 heteroatoms. The molecule has 0 saturated carbocycles. The Kier molecular flexibility index (Phi) is 3.05. The Morgan fingerprint density at radius 2 is 1.65 bits per heavy atom. The van der Waals surface area contributed by atoms with Crippen LogP contribution < -0.4 is 0 Å². The first-order valence-electron chi connectivity index (χ1n) is 7.34. The van der Waals surface area contributed by atoms with E-state index in [4.69, 9.17) is 0 Å². The summed E-state index contributed by atoms with van der Waals surface area (Å²) in [7, 11) is 0. The van der Waals surface area contributed by atoms with E-state index in [2.05, 4.69) is 4.98 Å². The van der Waals surface area contributed by atoms with Gasteiger partial charge in [-0.05, 0) is 46.2 Å². The summed E-state index contributed by atoms with van der Waals surface area (Å²) in [5.74, 6) is -0.915. The van der Waals surface area contributed by atoms with E-state index in [1.165, 1.54) is 0 Å². The van der Waals surface area contributed by atoms with Crippen LogP contribution in [0.15, 0.2) is 72.9 Å². The van der Waals surface area contributed by atoms with Gasteiger partial charge >= 0.3 is 5.97 Å². The molecule has 1 aromatic heterocycles. The molecule has 1 heterocycles. The van der Waals surface area contributed by atoms with E-state index >= 15 is 0 Å². The number of aromatic carboxylic acids is 1. The fraction of sp³-hybridized carbons (Fsp3) is 0. The summed E-state index contributed by atoms with van der Waals surface area (Å²) >= 11 is 0. The van der Waals surface area contributed by atoms with Gasteiger partial charge in [0.05, 0.1) is 11.1 Å². The minimum absolute atomic E-state index is 0.295. The average molecular weight is 299 g/mol. The molecule has 0 bridgehead atoms. The molecule has 0 unspecified atom stereocenters. The lowest BCUT2D eigenvalue weighted by Crippen LogP contribution is -1.96. The Bertz CT molecular complexity index is 1050. The van der Waals surface area contributed by atoms with Crippen molar-refractivity contribution in [1.29, 1.82) is 0 Å². The number of para-hydroxylation sites is 1. The van der Waals surface area contributed by atoms with E-state index in [1.54, 1.807) is 18.3 Å². The zero-order valence-corrected chi connectivity index (χ0v) is 12.2. The lowest BCUT2D eigenvalue weighted by molar-refractivity contribution is 0.0697. The number of hydrogen-bond acceptors (Lipinski definition) is 2. The molecule has 0 spiro atoms. The highest BCUT2D eigenvalue weighted by molar-refractivity contribution is 6.06. The van der Waals surface area contributed by atoms with Gasteiger partial charge in [0, 0.05) is 11.6 Å². The van der Waals surface area contributed by atoms with Crippen LogP contribution >= 0.6 is 0 Å². The number of rotatable bonds is 2. The third-order valence-electron chi connectivity index (χ3n) is 4.07. The van der Waals surface area contributed by atoms with Crippen LogP contribution in [0.1, 0.15) is 10.4 Å². The second-order valence-corrected chi connectivity index (χ2v) is 5.42. The lowest BCUT2D eigenvalue weighted by Gasteiger charge is -2.10. The highest BCUT2D eigenvalue weighted by Crippen LogP contribution is 2.33. The molecule has 0 amide bonds. The second-order valence-electron chi connectivity index (χ2n) is 5.42. The van der Waals surface area contributed by atoms with E-state index in [0.717, 1.165) is 32.8 Å². The summed E-state index contributed by atoms with van der Waals surface area (Å²) in [5, 5.41) is 12.3. The summed E-state index contributed by atoms with van der Waals surface area (Å²) < 4.78 is 0. The second kappa shape index (κ2) is 5.21. The van der Waals surface area contributed by atoms with Crippen molar-refractivity contribution in [1.82, 2.24) is 4.98 Å². The van der Waals surface area contributed by atoms with E-state index in [-0.39, 0.29) is 0 Å². The molecule has 110 valence electrons. The fourth-order valence-corrected chi connectivity index (χ4v) is 2.97. The van der Waals surface area contributed by atoms with Crippen molar-refractivity contribution in [2.24, 2.45) is 0 Å². The largest absolute Gasteiger partial charge is 0.478 e. The summed E-state index contributed by atoms with van der Waals surface area (Å²) in [6.45, 7) is 0. The number of fused-ring (bicyclic) bond motifs is 2. The third kappa shape index (κ3) is 2.23.